The third kappa shape index (κ3) is 5.13. The molecule has 1 saturated heterocycles. The molecule has 0 bridgehead atoms. The smallest absolute Gasteiger partial charge is 0.348 e. The van der Waals surface area contributed by atoms with E-state index in [9.17, 15) is 23.8 Å². The lowest BCUT2D eigenvalue weighted by atomic mass is 10.0. The van der Waals surface area contributed by atoms with Gasteiger partial charge in [0.15, 0.2) is 0 Å². The summed E-state index contributed by atoms with van der Waals surface area (Å²) in [6.45, 7) is 3.74. The number of carboxylic acids is 1. The number of pyridine rings is 1. The number of anilines is 2. The van der Waals surface area contributed by atoms with Crippen LogP contribution in [0.1, 0.15) is 53.1 Å². The Morgan fingerprint density at radius 3 is 2.56 bits per heavy atom. The quantitative estimate of drug-likeness (QED) is 0.376. The van der Waals surface area contributed by atoms with Gasteiger partial charge in [-0.15, -0.1) is 11.3 Å². The predicted molar refractivity (Wildman–Crippen MR) is 130 cm³/mol. The zero-order valence-corrected chi connectivity index (χ0v) is 19.7. The molecule has 7 nitrogen and oxygen atoms in total. The number of nitrogen functional groups attached to an aromatic ring is 1. The standard InChI is InChI=1S/C24H28F2N4O3S/c1-2-3-13-10-19(29-23-20(13)21(27)22(34-23)24(32)33)30-6-4-17(5-7-30)28-12-18(31)14-8-15(25)11-16(26)9-14/h8-11,17-18,28,31H,2-7,12,27H2,1H3,(H,32,33). The fourth-order valence-electron chi connectivity index (χ4n) is 4.45. The zero-order chi connectivity index (χ0) is 24.4. The topological polar surface area (TPSA) is 112 Å². The maximum absolute atomic E-state index is 13.4. The van der Waals surface area contributed by atoms with Gasteiger partial charge < -0.3 is 26.2 Å². The molecule has 0 amide bonds. The number of nitrogens with zero attached hydrogens (tertiary/aromatic N) is 2. The van der Waals surface area contributed by atoms with E-state index in [4.69, 9.17) is 10.7 Å². The van der Waals surface area contributed by atoms with Crippen molar-refractivity contribution in [3.63, 3.8) is 0 Å². The fraction of sp³-hybridized carbons (Fsp3) is 0.417. The molecular formula is C24H28F2N4O3S. The van der Waals surface area contributed by atoms with E-state index < -0.39 is 23.7 Å². The molecule has 3 heterocycles. The third-order valence-corrected chi connectivity index (χ3v) is 7.26. The minimum Gasteiger partial charge on any atom is -0.477 e. The van der Waals surface area contributed by atoms with Gasteiger partial charge in [0.25, 0.3) is 0 Å². The second kappa shape index (κ2) is 10.2. The summed E-state index contributed by atoms with van der Waals surface area (Å²) >= 11 is 1.11. The number of aryl methyl sites for hydroxylation is 1. The molecule has 182 valence electrons. The molecule has 34 heavy (non-hydrogen) atoms. The lowest BCUT2D eigenvalue weighted by Crippen LogP contribution is -2.44. The first kappa shape index (κ1) is 24.3. The van der Waals surface area contributed by atoms with E-state index in [0.717, 1.165) is 85.1 Å². The molecule has 1 aliphatic heterocycles. The first-order valence-corrected chi connectivity index (χ1v) is 12.2. The molecule has 0 aliphatic carbocycles. The Morgan fingerprint density at radius 1 is 1.26 bits per heavy atom. The van der Waals surface area contributed by atoms with E-state index >= 15 is 0 Å². The second-order valence-electron chi connectivity index (χ2n) is 8.61. The molecule has 1 atom stereocenters. The van der Waals surface area contributed by atoms with Crippen molar-refractivity contribution in [2.24, 2.45) is 0 Å². The molecule has 0 radical (unpaired) electrons. The van der Waals surface area contributed by atoms with E-state index in [1.165, 1.54) is 0 Å². The molecule has 1 fully saturated rings. The number of rotatable bonds is 8. The van der Waals surface area contributed by atoms with Gasteiger partial charge in [0.1, 0.15) is 27.2 Å². The van der Waals surface area contributed by atoms with Crippen LogP contribution in [-0.4, -0.2) is 46.8 Å². The highest BCUT2D eigenvalue weighted by Crippen LogP contribution is 2.37. The SMILES string of the molecule is CCCc1cc(N2CCC(NCC(O)c3cc(F)cc(F)c3)CC2)nc2sc(C(=O)O)c(N)c12. The molecule has 1 aliphatic rings. The molecule has 10 heteroatoms. The molecule has 5 N–H and O–H groups in total. The predicted octanol–water partition coefficient (Wildman–Crippen LogP) is 4.10. The number of halogens is 2. The number of aromatic nitrogens is 1. The van der Waals surface area contributed by atoms with Crippen LogP contribution in [0, 0.1) is 11.6 Å². The summed E-state index contributed by atoms with van der Waals surface area (Å²) in [5.41, 5.74) is 7.64. The van der Waals surface area contributed by atoms with Crippen LogP contribution in [0.15, 0.2) is 24.3 Å². The molecule has 4 rings (SSSR count). The van der Waals surface area contributed by atoms with Crippen LogP contribution in [0.25, 0.3) is 10.2 Å². The molecule has 1 unspecified atom stereocenters. The number of hydrogen-bond acceptors (Lipinski definition) is 7. The Bertz CT molecular complexity index is 1170. The summed E-state index contributed by atoms with van der Waals surface area (Å²) in [6.07, 6.45) is 2.29. The van der Waals surface area contributed by atoms with Crippen LogP contribution in [0.3, 0.4) is 0 Å². The molecule has 3 aromatic rings. The van der Waals surface area contributed by atoms with Crippen LogP contribution in [-0.2, 0) is 6.42 Å². The van der Waals surface area contributed by atoms with Crippen LogP contribution >= 0.6 is 11.3 Å². The third-order valence-electron chi connectivity index (χ3n) is 6.17. The Balaban J connectivity index is 1.42. The fourth-order valence-corrected chi connectivity index (χ4v) is 5.42. The summed E-state index contributed by atoms with van der Waals surface area (Å²) in [7, 11) is 0. The number of thiophene rings is 1. The van der Waals surface area contributed by atoms with Crippen molar-refractivity contribution in [3.05, 3.63) is 51.9 Å². The summed E-state index contributed by atoms with van der Waals surface area (Å²) in [4.78, 5) is 19.2. The normalized spacial score (nSPS) is 15.7. The first-order chi connectivity index (χ1) is 16.3. The molecular weight excluding hydrogens is 462 g/mol. The molecule has 2 aromatic heterocycles. The van der Waals surface area contributed by atoms with Crippen molar-refractivity contribution in [3.8, 4) is 0 Å². The monoisotopic (exact) mass is 490 g/mol. The highest BCUT2D eigenvalue weighted by atomic mass is 32.1. The van der Waals surface area contributed by atoms with Crippen LogP contribution in [0.4, 0.5) is 20.3 Å². The van der Waals surface area contributed by atoms with Gasteiger partial charge in [-0.25, -0.2) is 18.6 Å². The van der Waals surface area contributed by atoms with E-state index in [1.807, 2.05) is 6.07 Å². The van der Waals surface area contributed by atoms with Gasteiger partial charge >= 0.3 is 5.97 Å². The second-order valence-corrected chi connectivity index (χ2v) is 9.61. The first-order valence-electron chi connectivity index (χ1n) is 11.3. The van der Waals surface area contributed by atoms with Crippen LogP contribution in [0.2, 0.25) is 0 Å². The number of fused-ring (bicyclic) bond motifs is 1. The number of nitrogens with one attached hydrogen (secondary N) is 1. The number of hydrogen-bond donors (Lipinski definition) is 4. The van der Waals surface area contributed by atoms with Crippen molar-refractivity contribution in [1.29, 1.82) is 0 Å². The number of benzene rings is 1. The largest absolute Gasteiger partial charge is 0.477 e. The molecule has 0 saturated carbocycles. The highest BCUT2D eigenvalue weighted by molar-refractivity contribution is 7.21. The van der Waals surface area contributed by atoms with E-state index in [1.54, 1.807) is 0 Å². The number of piperidine rings is 1. The van der Waals surface area contributed by atoms with Gasteiger partial charge in [-0.05, 0) is 48.6 Å². The number of aromatic carboxylic acids is 1. The number of aliphatic hydroxyl groups is 1. The van der Waals surface area contributed by atoms with Gasteiger partial charge in [-0.1, -0.05) is 13.3 Å². The number of nitrogens with two attached hydrogens (primary N) is 1. The Hall–Kier alpha value is -2.82. The van der Waals surface area contributed by atoms with E-state index in [2.05, 4.69) is 17.1 Å². The summed E-state index contributed by atoms with van der Waals surface area (Å²) in [5, 5.41) is 23.8. The average Bonchev–Trinajstić information content (AvgIpc) is 3.14. The maximum Gasteiger partial charge on any atom is 0.348 e. The van der Waals surface area contributed by atoms with Gasteiger partial charge in [0.2, 0.25) is 0 Å². The zero-order valence-electron chi connectivity index (χ0n) is 18.9. The maximum atomic E-state index is 13.4. The van der Waals surface area contributed by atoms with Gasteiger partial charge in [0, 0.05) is 37.1 Å². The average molecular weight is 491 g/mol. The van der Waals surface area contributed by atoms with Gasteiger partial charge in [-0.3, -0.25) is 0 Å². The van der Waals surface area contributed by atoms with Crippen LogP contribution in [0.5, 0.6) is 0 Å². The Morgan fingerprint density at radius 2 is 1.94 bits per heavy atom. The molecule has 1 aromatic carbocycles. The van der Waals surface area contributed by atoms with E-state index in [0.29, 0.717) is 4.83 Å². The number of carboxylic acid groups (broad SMARTS) is 1. The summed E-state index contributed by atoms with van der Waals surface area (Å²) in [5.74, 6) is -1.66. The minimum atomic E-state index is -1.04. The number of carbonyl (C=O) groups is 1. The lowest BCUT2D eigenvalue weighted by molar-refractivity contribution is 0.0703. The summed E-state index contributed by atoms with van der Waals surface area (Å²) in [6, 6.07) is 5.22. The molecule has 0 spiro atoms. The van der Waals surface area contributed by atoms with Crippen molar-refractivity contribution in [2.75, 3.05) is 30.3 Å². The Labute approximate surface area is 200 Å². The van der Waals surface area contributed by atoms with Crippen LogP contribution < -0.4 is 16.0 Å². The summed E-state index contributed by atoms with van der Waals surface area (Å²) < 4.78 is 26.8. The van der Waals surface area contributed by atoms with E-state index in [-0.39, 0.29) is 28.7 Å². The van der Waals surface area contributed by atoms with Crippen molar-refractivity contribution in [1.82, 2.24) is 10.3 Å². The number of aliphatic hydroxyl groups excluding tert-OH is 1. The minimum absolute atomic E-state index is 0.122. The van der Waals surface area contributed by atoms with Gasteiger partial charge in [-0.2, -0.15) is 0 Å². The van der Waals surface area contributed by atoms with Crippen molar-refractivity contribution >= 4 is 39.0 Å². The van der Waals surface area contributed by atoms with Crippen molar-refractivity contribution in [2.45, 2.75) is 44.8 Å². The highest BCUT2D eigenvalue weighted by Gasteiger charge is 2.24. The van der Waals surface area contributed by atoms with Gasteiger partial charge in [0.05, 0.1) is 11.8 Å². The van der Waals surface area contributed by atoms with Crippen molar-refractivity contribution < 1.29 is 23.8 Å². The lowest BCUT2D eigenvalue weighted by Gasteiger charge is -2.34. The Kier molecular flexibility index (Phi) is 7.30.